The van der Waals surface area contributed by atoms with Crippen LogP contribution in [-0.2, 0) is 30.5 Å². The highest BCUT2D eigenvalue weighted by Gasteiger charge is 2.38. The Morgan fingerprint density at radius 2 is 1.64 bits per heavy atom. The molecule has 25 heavy (non-hydrogen) atoms. The van der Waals surface area contributed by atoms with E-state index < -0.39 is 24.4 Å². The highest BCUT2D eigenvalue weighted by molar-refractivity contribution is 6.35. The number of carbonyl (C=O) groups is 3. The first-order valence-corrected chi connectivity index (χ1v) is 7.63. The number of ether oxygens (including phenoxy) is 2. The van der Waals surface area contributed by atoms with E-state index in [4.69, 9.17) is 9.47 Å². The Balaban J connectivity index is 1.68. The summed E-state index contributed by atoms with van der Waals surface area (Å²) in [7, 11) is 0. The van der Waals surface area contributed by atoms with E-state index in [0.29, 0.717) is 0 Å². The zero-order chi connectivity index (χ0) is 17.6. The maximum atomic E-state index is 12.0. The van der Waals surface area contributed by atoms with E-state index in [0.717, 1.165) is 16.0 Å². The van der Waals surface area contributed by atoms with Crippen LogP contribution in [0.15, 0.2) is 66.5 Å². The Morgan fingerprint density at radius 1 is 1.00 bits per heavy atom. The molecule has 1 aliphatic rings. The fourth-order valence-electron chi connectivity index (χ4n) is 2.27. The number of carbonyl (C=O) groups excluding carboxylic acids is 3. The van der Waals surface area contributed by atoms with Crippen molar-refractivity contribution < 1.29 is 23.9 Å². The van der Waals surface area contributed by atoms with Crippen molar-refractivity contribution in [2.45, 2.75) is 6.61 Å². The lowest BCUT2D eigenvalue weighted by Crippen LogP contribution is -2.32. The summed E-state index contributed by atoms with van der Waals surface area (Å²) < 4.78 is 10.1. The van der Waals surface area contributed by atoms with Gasteiger partial charge in [0.05, 0.1) is 0 Å². The number of hydrogen-bond acceptors (Lipinski definition) is 5. The molecule has 0 saturated carbocycles. The molecular weight excluding hydrogens is 322 g/mol. The van der Waals surface area contributed by atoms with Crippen LogP contribution in [0.25, 0.3) is 6.08 Å². The van der Waals surface area contributed by atoms with Gasteiger partial charge in [0, 0.05) is 6.08 Å². The molecule has 126 valence electrons. The van der Waals surface area contributed by atoms with Gasteiger partial charge in [-0.3, -0.25) is 14.5 Å². The normalized spacial score (nSPS) is 15.4. The maximum Gasteiger partial charge on any atom is 0.404 e. The standard InChI is InChI=1S/C19H15NO5/c21-17(24-13-15-9-5-2-6-10-15)12-20-16(25-19(23)18(20)22)11-14-7-3-1-4-8-14/h1-11H,12-13H2. The van der Waals surface area contributed by atoms with Gasteiger partial charge in [-0.15, -0.1) is 0 Å². The number of amides is 1. The van der Waals surface area contributed by atoms with Gasteiger partial charge in [0.2, 0.25) is 5.88 Å². The van der Waals surface area contributed by atoms with Crippen molar-refractivity contribution in [3.05, 3.63) is 77.7 Å². The summed E-state index contributed by atoms with van der Waals surface area (Å²) in [6, 6.07) is 18.2. The number of benzene rings is 2. The first-order chi connectivity index (χ1) is 12.1. The molecule has 1 fully saturated rings. The topological polar surface area (TPSA) is 72.9 Å². The SMILES string of the molecule is O=C(CN1C(=O)C(=O)OC1=Cc1ccccc1)OCc1ccccc1. The van der Waals surface area contributed by atoms with Gasteiger partial charge in [0.25, 0.3) is 0 Å². The van der Waals surface area contributed by atoms with Crippen LogP contribution in [0.4, 0.5) is 0 Å². The van der Waals surface area contributed by atoms with Crippen molar-refractivity contribution in [1.82, 2.24) is 4.90 Å². The molecule has 1 heterocycles. The third kappa shape index (κ3) is 4.11. The monoisotopic (exact) mass is 337 g/mol. The van der Waals surface area contributed by atoms with Crippen LogP contribution in [0.1, 0.15) is 11.1 Å². The fourth-order valence-corrected chi connectivity index (χ4v) is 2.27. The Hall–Kier alpha value is -3.41. The Morgan fingerprint density at radius 3 is 2.32 bits per heavy atom. The van der Waals surface area contributed by atoms with Crippen molar-refractivity contribution in [2.75, 3.05) is 6.54 Å². The molecule has 0 radical (unpaired) electrons. The number of nitrogens with zero attached hydrogens (tertiary/aromatic N) is 1. The second kappa shape index (κ2) is 7.44. The molecule has 2 aromatic carbocycles. The average molecular weight is 337 g/mol. The van der Waals surface area contributed by atoms with Crippen LogP contribution in [-0.4, -0.2) is 29.3 Å². The van der Waals surface area contributed by atoms with Gasteiger partial charge in [-0.25, -0.2) is 4.79 Å². The van der Waals surface area contributed by atoms with E-state index in [9.17, 15) is 14.4 Å². The minimum atomic E-state index is -1.02. The summed E-state index contributed by atoms with van der Waals surface area (Å²) in [5.74, 6) is -2.52. The van der Waals surface area contributed by atoms with Crippen LogP contribution >= 0.6 is 0 Å². The first-order valence-electron chi connectivity index (χ1n) is 7.63. The Bertz CT molecular complexity index is 814. The summed E-state index contributed by atoms with van der Waals surface area (Å²) in [4.78, 5) is 36.4. The summed E-state index contributed by atoms with van der Waals surface area (Å²) in [6.45, 7) is -0.301. The third-order valence-electron chi connectivity index (χ3n) is 3.50. The Labute approximate surface area is 144 Å². The van der Waals surface area contributed by atoms with Crippen LogP contribution in [0, 0.1) is 0 Å². The number of esters is 2. The van der Waals surface area contributed by atoms with E-state index >= 15 is 0 Å². The molecule has 0 aliphatic carbocycles. The van der Waals surface area contributed by atoms with Crippen LogP contribution in [0.5, 0.6) is 0 Å². The lowest BCUT2D eigenvalue weighted by atomic mass is 10.2. The van der Waals surface area contributed by atoms with Gasteiger partial charge in [0.15, 0.2) is 0 Å². The van der Waals surface area contributed by atoms with Crippen molar-refractivity contribution in [3.63, 3.8) is 0 Å². The lowest BCUT2D eigenvalue weighted by Gasteiger charge is -2.13. The second-order valence-corrected chi connectivity index (χ2v) is 5.32. The lowest BCUT2D eigenvalue weighted by molar-refractivity contribution is -0.150. The maximum absolute atomic E-state index is 12.0. The molecule has 0 N–H and O–H groups in total. The van der Waals surface area contributed by atoms with Gasteiger partial charge >= 0.3 is 17.8 Å². The fraction of sp³-hybridized carbons (Fsp3) is 0.105. The molecule has 3 rings (SSSR count). The highest BCUT2D eigenvalue weighted by atomic mass is 16.6. The van der Waals surface area contributed by atoms with E-state index in [1.54, 1.807) is 12.1 Å². The number of cyclic esters (lactones) is 1. The zero-order valence-corrected chi connectivity index (χ0v) is 13.3. The van der Waals surface area contributed by atoms with E-state index in [1.165, 1.54) is 6.08 Å². The molecule has 1 saturated heterocycles. The van der Waals surface area contributed by atoms with Crippen molar-refractivity contribution >= 4 is 23.9 Å². The summed E-state index contributed by atoms with van der Waals surface area (Å²) >= 11 is 0. The van der Waals surface area contributed by atoms with E-state index in [2.05, 4.69) is 0 Å². The molecule has 0 atom stereocenters. The largest absolute Gasteiger partial charge is 0.459 e. The molecule has 1 aliphatic heterocycles. The number of hydrogen-bond donors (Lipinski definition) is 0. The average Bonchev–Trinajstić information content (AvgIpc) is 2.89. The molecule has 0 bridgehead atoms. The summed E-state index contributed by atoms with van der Waals surface area (Å²) in [5.41, 5.74) is 1.57. The first kappa shape index (κ1) is 16.4. The minimum absolute atomic E-state index is 0.0119. The molecule has 1 amide bonds. The smallest absolute Gasteiger partial charge is 0.404 e. The van der Waals surface area contributed by atoms with Crippen LogP contribution in [0.2, 0.25) is 0 Å². The molecule has 0 aromatic heterocycles. The molecule has 0 unspecified atom stereocenters. The van der Waals surface area contributed by atoms with Crippen molar-refractivity contribution in [1.29, 1.82) is 0 Å². The molecule has 2 aromatic rings. The van der Waals surface area contributed by atoms with Gasteiger partial charge < -0.3 is 9.47 Å². The predicted molar refractivity (Wildman–Crippen MR) is 88.5 cm³/mol. The summed E-state index contributed by atoms with van der Waals surface area (Å²) in [5, 5.41) is 0. The molecule has 0 spiro atoms. The quantitative estimate of drug-likeness (QED) is 0.617. The minimum Gasteiger partial charge on any atom is -0.459 e. The predicted octanol–water partition coefficient (Wildman–Crippen LogP) is 2.11. The van der Waals surface area contributed by atoms with Crippen LogP contribution in [0.3, 0.4) is 0 Å². The van der Waals surface area contributed by atoms with Crippen molar-refractivity contribution in [3.8, 4) is 0 Å². The number of rotatable bonds is 5. The van der Waals surface area contributed by atoms with Crippen LogP contribution < -0.4 is 0 Å². The third-order valence-corrected chi connectivity index (χ3v) is 3.50. The summed E-state index contributed by atoms with van der Waals surface area (Å²) in [6.07, 6.45) is 1.52. The van der Waals surface area contributed by atoms with E-state index in [1.807, 2.05) is 48.5 Å². The van der Waals surface area contributed by atoms with Gasteiger partial charge in [0.1, 0.15) is 13.2 Å². The Kier molecular flexibility index (Phi) is 4.89. The molecular formula is C19H15NO5. The molecule has 6 nitrogen and oxygen atoms in total. The van der Waals surface area contributed by atoms with E-state index in [-0.39, 0.29) is 12.5 Å². The molecule has 6 heteroatoms. The van der Waals surface area contributed by atoms with Gasteiger partial charge in [-0.1, -0.05) is 60.7 Å². The van der Waals surface area contributed by atoms with Gasteiger partial charge in [-0.2, -0.15) is 0 Å². The highest BCUT2D eigenvalue weighted by Crippen LogP contribution is 2.20. The second-order valence-electron chi connectivity index (χ2n) is 5.32. The zero-order valence-electron chi connectivity index (χ0n) is 13.3. The van der Waals surface area contributed by atoms with Crippen molar-refractivity contribution in [2.24, 2.45) is 0 Å². The van der Waals surface area contributed by atoms with Gasteiger partial charge in [-0.05, 0) is 11.1 Å².